The van der Waals surface area contributed by atoms with Crippen molar-refractivity contribution in [1.29, 1.82) is 0 Å². The van der Waals surface area contributed by atoms with E-state index in [0.29, 0.717) is 30.4 Å². The summed E-state index contributed by atoms with van der Waals surface area (Å²) in [5.74, 6) is 0.140. The van der Waals surface area contributed by atoms with Crippen LogP contribution in [0.2, 0.25) is 0 Å². The standard InChI is InChI=1S/C12H12BrN3O3/c1-7-15-11(19-16-7)4-5-14-10-3-2-8(13)6-9(10)12(17)18/h2-3,6,14H,4-5H2,1H3,(H,17,18). The van der Waals surface area contributed by atoms with E-state index in [0.717, 1.165) is 4.47 Å². The van der Waals surface area contributed by atoms with Gasteiger partial charge in [0.05, 0.1) is 5.56 Å². The first-order valence-electron chi connectivity index (χ1n) is 5.62. The van der Waals surface area contributed by atoms with Crippen LogP contribution in [-0.4, -0.2) is 27.8 Å². The highest BCUT2D eigenvalue weighted by atomic mass is 79.9. The molecule has 1 aromatic heterocycles. The van der Waals surface area contributed by atoms with E-state index in [9.17, 15) is 4.79 Å². The van der Waals surface area contributed by atoms with Gasteiger partial charge in [-0.1, -0.05) is 21.1 Å². The molecule has 0 radical (unpaired) electrons. The molecule has 100 valence electrons. The maximum Gasteiger partial charge on any atom is 0.337 e. The van der Waals surface area contributed by atoms with Crippen LogP contribution in [0.3, 0.4) is 0 Å². The average Bonchev–Trinajstić information content (AvgIpc) is 2.77. The number of aromatic carboxylic acids is 1. The Bertz CT molecular complexity index is 598. The minimum absolute atomic E-state index is 0.219. The number of anilines is 1. The normalized spacial score (nSPS) is 10.4. The Hall–Kier alpha value is -1.89. The molecule has 19 heavy (non-hydrogen) atoms. The van der Waals surface area contributed by atoms with Crippen LogP contribution < -0.4 is 5.32 Å². The maximum absolute atomic E-state index is 11.1. The molecule has 0 amide bonds. The van der Waals surface area contributed by atoms with Crippen molar-refractivity contribution in [2.75, 3.05) is 11.9 Å². The zero-order valence-electron chi connectivity index (χ0n) is 10.2. The van der Waals surface area contributed by atoms with Gasteiger partial charge in [0, 0.05) is 23.1 Å². The number of carboxylic acid groups (broad SMARTS) is 1. The van der Waals surface area contributed by atoms with Gasteiger partial charge in [-0.3, -0.25) is 0 Å². The van der Waals surface area contributed by atoms with Gasteiger partial charge in [-0.05, 0) is 25.1 Å². The van der Waals surface area contributed by atoms with E-state index in [1.54, 1.807) is 25.1 Å². The van der Waals surface area contributed by atoms with E-state index in [-0.39, 0.29) is 5.56 Å². The number of halogens is 1. The van der Waals surface area contributed by atoms with Gasteiger partial charge in [0.1, 0.15) is 0 Å². The molecule has 7 heteroatoms. The van der Waals surface area contributed by atoms with E-state index in [1.165, 1.54) is 0 Å². The zero-order valence-corrected chi connectivity index (χ0v) is 11.8. The van der Waals surface area contributed by atoms with Gasteiger partial charge >= 0.3 is 5.97 Å². The second-order valence-electron chi connectivity index (χ2n) is 3.91. The Kier molecular flexibility index (Phi) is 4.16. The summed E-state index contributed by atoms with van der Waals surface area (Å²) < 4.78 is 5.70. The molecule has 6 nitrogen and oxygen atoms in total. The molecular formula is C12H12BrN3O3. The second-order valence-corrected chi connectivity index (χ2v) is 4.82. The van der Waals surface area contributed by atoms with Gasteiger partial charge in [0.25, 0.3) is 0 Å². The van der Waals surface area contributed by atoms with Crippen molar-refractivity contribution in [3.05, 3.63) is 40.0 Å². The molecule has 2 N–H and O–H groups in total. The van der Waals surface area contributed by atoms with Crippen molar-refractivity contribution >= 4 is 27.6 Å². The summed E-state index contributed by atoms with van der Waals surface area (Å²) in [6.07, 6.45) is 0.538. The third-order valence-corrected chi connectivity index (χ3v) is 2.93. The zero-order chi connectivity index (χ0) is 13.8. The Balaban J connectivity index is 2.01. The summed E-state index contributed by atoms with van der Waals surface area (Å²) in [5.41, 5.74) is 0.781. The summed E-state index contributed by atoms with van der Waals surface area (Å²) in [5, 5.41) is 15.8. The predicted octanol–water partition coefficient (Wildman–Crippen LogP) is 2.49. The number of carbonyl (C=O) groups is 1. The van der Waals surface area contributed by atoms with Crippen molar-refractivity contribution in [3.8, 4) is 0 Å². The molecule has 0 unspecified atom stereocenters. The first-order chi connectivity index (χ1) is 9.06. The minimum atomic E-state index is -0.975. The number of aryl methyl sites for hydroxylation is 1. The Morgan fingerprint density at radius 1 is 1.53 bits per heavy atom. The van der Waals surface area contributed by atoms with Crippen LogP contribution in [0, 0.1) is 6.92 Å². The fraction of sp³-hybridized carbons (Fsp3) is 0.250. The molecule has 1 aromatic carbocycles. The first kappa shape index (κ1) is 13.5. The van der Waals surface area contributed by atoms with Gasteiger partial charge < -0.3 is 14.9 Å². The monoisotopic (exact) mass is 325 g/mol. The summed E-state index contributed by atoms with van der Waals surface area (Å²) in [4.78, 5) is 15.2. The molecule has 0 bridgehead atoms. The average molecular weight is 326 g/mol. The highest BCUT2D eigenvalue weighted by molar-refractivity contribution is 9.10. The number of rotatable bonds is 5. The lowest BCUT2D eigenvalue weighted by molar-refractivity contribution is 0.0698. The molecule has 2 aromatic rings. The maximum atomic E-state index is 11.1. The van der Waals surface area contributed by atoms with Crippen molar-refractivity contribution in [1.82, 2.24) is 10.1 Å². The number of nitrogens with zero attached hydrogens (tertiary/aromatic N) is 2. The van der Waals surface area contributed by atoms with E-state index in [1.807, 2.05) is 0 Å². The van der Waals surface area contributed by atoms with Gasteiger partial charge in [-0.2, -0.15) is 4.98 Å². The largest absolute Gasteiger partial charge is 0.478 e. The number of aromatic nitrogens is 2. The van der Waals surface area contributed by atoms with Crippen LogP contribution in [0.4, 0.5) is 5.69 Å². The third kappa shape index (κ3) is 3.54. The number of hydrogen-bond donors (Lipinski definition) is 2. The predicted molar refractivity (Wildman–Crippen MR) is 72.3 cm³/mol. The van der Waals surface area contributed by atoms with E-state index in [2.05, 4.69) is 31.4 Å². The topological polar surface area (TPSA) is 88.2 Å². The number of benzene rings is 1. The van der Waals surface area contributed by atoms with Crippen LogP contribution in [0.1, 0.15) is 22.1 Å². The van der Waals surface area contributed by atoms with Crippen LogP contribution in [0.15, 0.2) is 27.2 Å². The number of carboxylic acids is 1. The molecular weight excluding hydrogens is 314 g/mol. The van der Waals surface area contributed by atoms with Crippen LogP contribution in [-0.2, 0) is 6.42 Å². The Morgan fingerprint density at radius 3 is 2.95 bits per heavy atom. The van der Waals surface area contributed by atoms with Crippen molar-refractivity contribution in [2.24, 2.45) is 0 Å². The molecule has 0 fully saturated rings. The molecule has 0 aliphatic carbocycles. The van der Waals surface area contributed by atoms with E-state index in [4.69, 9.17) is 9.63 Å². The number of hydrogen-bond acceptors (Lipinski definition) is 5. The number of nitrogens with one attached hydrogen (secondary N) is 1. The lowest BCUT2D eigenvalue weighted by atomic mass is 10.2. The quantitative estimate of drug-likeness (QED) is 0.878. The van der Waals surface area contributed by atoms with Gasteiger partial charge in [0.15, 0.2) is 5.82 Å². The summed E-state index contributed by atoms with van der Waals surface area (Å²) in [7, 11) is 0. The van der Waals surface area contributed by atoms with E-state index >= 15 is 0 Å². The molecule has 1 heterocycles. The molecule has 0 aliphatic heterocycles. The SMILES string of the molecule is Cc1noc(CCNc2ccc(Br)cc2C(=O)O)n1. The lowest BCUT2D eigenvalue weighted by Gasteiger charge is -2.08. The molecule has 0 saturated heterocycles. The Morgan fingerprint density at radius 2 is 2.32 bits per heavy atom. The van der Waals surface area contributed by atoms with Crippen LogP contribution in [0.25, 0.3) is 0 Å². The highest BCUT2D eigenvalue weighted by Crippen LogP contribution is 2.21. The summed E-state index contributed by atoms with van der Waals surface area (Å²) >= 11 is 3.25. The molecule has 0 aliphatic rings. The molecule has 0 atom stereocenters. The second kappa shape index (κ2) is 5.83. The van der Waals surface area contributed by atoms with Crippen molar-refractivity contribution in [3.63, 3.8) is 0 Å². The van der Waals surface area contributed by atoms with E-state index < -0.39 is 5.97 Å². The lowest BCUT2D eigenvalue weighted by Crippen LogP contribution is -2.09. The fourth-order valence-electron chi connectivity index (χ4n) is 1.59. The summed E-state index contributed by atoms with van der Waals surface area (Å²) in [6, 6.07) is 5.06. The minimum Gasteiger partial charge on any atom is -0.478 e. The van der Waals surface area contributed by atoms with Gasteiger partial charge in [0.2, 0.25) is 5.89 Å². The first-order valence-corrected chi connectivity index (χ1v) is 6.41. The Labute approximate surface area is 118 Å². The molecule has 0 saturated carbocycles. The molecule has 2 rings (SSSR count). The van der Waals surface area contributed by atoms with Gasteiger partial charge in [-0.15, -0.1) is 0 Å². The van der Waals surface area contributed by atoms with Crippen LogP contribution in [0.5, 0.6) is 0 Å². The van der Waals surface area contributed by atoms with Gasteiger partial charge in [-0.25, -0.2) is 4.79 Å². The van der Waals surface area contributed by atoms with Crippen molar-refractivity contribution in [2.45, 2.75) is 13.3 Å². The van der Waals surface area contributed by atoms with Crippen LogP contribution >= 0.6 is 15.9 Å². The highest BCUT2D eigenvalue weighted by Gasteiger charge is 2.10. The fourth-order valence-corrected chi connectivity index (χ4v) is 1.95. The molecule has 0 spiro atoms. The summed E-state index contributed by atoms with van der Waals surface area (Å²) in [6.45, 7) is 2.27. The van der Waals surface area contributed by atoms with Crippen molar-refractivity contribution < 1.29 is 14.4 Å². The third-order valence-electron chi connectivity index (χ3n) is 2.44. The smallest absolute Gasteiger partial charge is 0.337 e.